The molecule has 1 aliphatic rings. The molecule has 0 aliphatic carbocycles. The van der Waals surface area contributed by atoms with Crippen molar-refractivity contribution in [2.75, 3.05) is 58.3 Å². The van der Waals surface area contributed by atoms with Gasteiger partial charge in [0.25, 0.3) is 0 Å². The smallest absolute Gasteiger partial charge is 0.309 e. The maximum atomic E-state index is 11.3. The highest BCUT2D eigenvalue weighted by Gasteiger charge is 2.19. The number of benzene rings is 1. The maximum absolute atomic E-state index is 11.3. The van der Waals surface area contributed by atoms with E-state index in [1.165, 1.54) is 7.05 Å². The van der Waals surface area contributed by atoms with Crippen LogP contribution < -0.4 is 20.3 Å². The predicted molar refractivity (Wildman–Crippen MR) is 93.3 cm³/mol. The van der Waals surface area contributed by atoms with Crippen molar-refractivity contribution >= 4 is 17.5 Å². The molecule has 2 amide bonds. The monoisotopic (exact) mass is 334 g/mol. The summed E-state index contributed by atoms with van der Waals surface area (Å²) in [6.45, 7) is 5.27. The number of para-hydroxylation sites is 2. The van der Waals surface area contributed by atoms with Crippen LogP contribution in [-0.4, -0.2) is 70.1 Å². The predicted octanol–water partition coefficient (Wildman–Crippen LogP) is 0.0695. The van der Waals surface area contributed by atoms with Gasteiger partial charge < -0.3 is 20.3 Å². The Hall–Kier alpha value is -2.28. The highest BCUT2D eigenvalue weighted by molar-refractivity contribution is 6.34. The molecule has 132 valence electrons. The summed E-state index contributed by atoms with van der Waals surface area (Å²) in [5.74, 6) is -0.262. The molecule has 0 aromatic heterocycles. The average Bonchev–Trinajstić information content (AvgIpc) is 2.64. The summed E-state index contributed by atoms with van der Waals surface area (Å²) in [4.78, 5) is 27.1. The second-order valence-electron chi connectivity index (χ2n) is 5.69. The van der Waals surface area contributed by atoms with Crippen LogP contribution in [0.1, 0.15) is 6.42 Å². The van der Waals surface area contributed by atoms with E-state index < -0.39 is 11.8 Å². The largest absolute Gasteiger partial charge is 0.495 e. The molecule has 0 atom stereocenters. The first-order valence-corrected chi connectivity index (χ1v) is 8.26. The lowest BCUT2D eigenvalue weighted by Crippen LogP contribution is -2.47. The van der Waals surface area contributed by atoms with Gasteiger partial charge in [-0.1, -0.05) is 12.1 Å². The molecule has 1 saturated heterocycles. The zero-order valence-corrected chi connectivity index (χ0v) is 14.4. The van der Waals surface area contributed by atoms with Gasteiger partial charge in [-0.25, -0.2) is 0 Å². The molecule has 2 rings (SSSR count). The van der Waals surface area contributed by atoms with Crippen molar-refractivity contribution in [2.45, 2.75) is 6.42 Å². The fourth-order valence-corrected chi connectivity index (χ4v) is 2.80. The fraction of sp³-hybridized carbons (Fsp3) is 0.529. The van der Waals surface area contributed by atoms with Crippen LogP contribution >= 0.6 is 0 Å². The van der Waals surface area contributed by atoms with E-state index in [-0.39, 0.29) is 0 Å². The number of nitrogens with zero attached hydrogens (tertiary/aromatic N) is 2. The van der Waals surface area contributed by atoms with Crippen LogP contribution in [0.3, 0.4) is 0 Å². The first-order valence-electron chi connectivity index (χ1n) is 8.26. The Morgan fingerprint density at radius 1 is 1.12 bits per heavy atom. The number of amides is 2. The molecule has 1 aromatic carbocycles. The Morgan fingerprint density at radius 2 is 1.83 bits per heavy atom. The summed E-state index contributed by atoms with van der Waals surface area (Å²) in [5.41, 5.74) is 1.14. The van der Waals surface area contributed by atoms with Crippen molar-refractivity contribution in [2.24, 2.45) is 0 Å². The highest BCUT2D eigenvalue weighted by atomic mass is 16.5. The van der Waals surface area contributed by atoms with Crippen LogP contribution in [0.5, 0.6) is 5.75 Å². The normalized spacial score (nSPS) is 15.0. The van der Waals surface area contributed by atoms with Gasteiger partial charge in [0.1, 0.15) is 5.75 Å². The average molecular weight is 334 g/mol. The summed E-state index contributed by atoms with van der Waals surface area (Å²) in [6.07, 6.45) is 0.831. The van der Waals surface area contributed by atoms with Gasteiger partial charge in [-0.15, -0.1) is 0 Å². The molecule has 1 heterocycles. The third-order valence-corrected chi connectivity index (χ3v) is 4.17. The summed E-state index contributed by atoms with van der Waals surface area (Å²) < 4.78 is 5.43. The van der Waals surface area contributed by atoms with E-state index >= 15 is 0 Å². The van der Waals surface area contributed by atoms with Crippen LogP contribution in [0.15, 0.2) is 24.3 Å². The topological polar surface area (TPSA) is 73.9 Å². The van der Waals surface area contributed by atoms with Gasteiger partial charge >= 0.3 is 11.8 Å². The van der Waals surface area contributed by atoms with Crippen molar-refractivity contribution in [1.29, 1.82) is 0 Å². The van der Waals surface area contributed by atoms with Crippen molar-refractivity contribution in [3.05, 3.63) is 24.3 Å². The van der Waals surface area contributed by atoms with Gasteiger partial charge in [-0.3, -0.25) is 14.5 Å². The Balaban J connectivity index is 1.70. The quantitative estimate of drug-likeness (QED) is 0.569. The van der Waals surface area contributed by atoms with Gasteiger partial charge in [0.15, 0.2) is 0 Å². The minimum Gasteiger partial charge on any atom is -0.495 e. The Morgan fingerprint density at radius 3 is 2.50 bits per heavy atom. The number of carbonyl (C=O) groups is 2. The molecule has 0 spiro atoms. The molecule has 1 aliphatic heterocycles. The molecule has 0 radical (unpaired) electrons. The molecule has 1 aromatic rings. The molecular weight excluding hydrogens is 308 g/mol. The SMILES string of the molecule is CNC(=O)C(=O)NCCCN1CCN(c2ccccc2OC)CC1. The van der Waals surface area contributed by atoms with E-state index in [1.54, 1.807) is 7.11 Å². The molecule has 24 heavy (non-hydrogen) atoms. The number of hydrogen-bond acceptors (Lipinski definition) is 5. The Kier molecular flexibility index (Phi) is 6.87. The summed E-state index contributed by atoms with van der Waals surface area (Å²) >= 11 is 0. The number of anilines is 1. The van der Waals surface area contributed by atoms with Crippen LogP contribution in [-0.2, 0) is 9.59 Å². The van der Waals surface area contributed by atoms with Gasteiger partial charge in [-0.05, 0) is 25.1 Å². The van der Waals surface area contributed by atoms with E-state index in [1.807, 2.05) is 18.2 Å². The lowest BCUT2D eigenvalue weighted by atomic mass is 10.2. The van der Waals surface area contributed by atoms with Crippen molar-refractivity contribution < 1.29 is 14.3 Å². The van der Waals surface area contributed by atoms with Crippen LogP contribution in [0.4, 0.5) is 5.69 Å². The van der Waals surface area contributed by atoms with E-state index in [0.717, 1.165) is 50.6 Å². The molecule has 7 heteroatoms. The summed E-state index contributed by atoms with van der Waals surface area (Å²) in [6, 6.07) is 8.07. The van der Waals surface area contributed by atoms with Crippen LogP contribution in [0.2, 0.25) is 0 Å². The molecule has 0 unspecified atom stereocenters. The number of carbonyl (C=O) groups excluding carboxylic acids is 2. The van der Waals surface area contributed by atoms with Crippen LogP contribution in [0, 0.1) is 0 Å². The number of piperazine rings is 1. The number of likely N-dealkylation sites (N-methyl/N-ethyl adjacent to an activating group) is 1. The van der Waals surface area contributed by atoms with E-state index in [9.17, 15) is 9.59 Å². The zero-order valence-electron chi connectivity index (χ0n) is 14.4. The minimum atomic E-state index is -0.597. The Labute approximate surface area is 142 Å². The second-order valence-corrected chi connectivity index (χ2v) is 5.69. The zero-order chi connectivity index (χ0) is 17.4. The molecule has 2 N–H and O–H groups in total. The van der Waals surface area contributed by atoms with Crippen LogP contribution in [0.25, 0.3) is 0 Å². The number of methoxy groups -OCH3 is 1. The molecule has 0 bridgehead atoms. The molecular formula is C17H26N4O3. The molecule has 7 nitrogen and oxygen atoms in total. The van der Waals surface area contributed by atoms with E-state index in [0.29, 0.717) is 6.54 Å². The summed E-state index contributed by atoms with van der Waals surface area (Å²) in [5, 5.41) is 4.93. The van der Waals surface area contributed by atoms with E-state index in [2.05, 4.69) is 26.5 Å². The fourth-order valence-electron chi connectivity index (χ4n) is 2.80. The Bertz CT molecular complexity index is 557. The highest BCUT2D eigenvalue weighted by Crippen LogP contribution is 2.28. The van der Waals surface area contributed by atoms with Gasteiger partial charge in [0.2, 0.25) is 0 Å². The maximum Gasteiger partial charge on any atom is 0.309 e. The first-order chi connectivity index (χ1) is 11.7. The van der Waals surface area contributed by atoms with Crippen molar-refractivity contribution in [3.8, 4) is 5.75 Å². The summed E-state index contributed by atoms with van der Waals surface area (Å²) in [7, 11) is 3.14. The standard InChI is InChI=1S/C17H26N4O3/c1-18-16(22)17(23)19-8-5-9-20-10-12-21(13-11-20)14-6-3-4-7-15(14)24-2/h3-4,6-7H,5,8-13H2,1-2H3,(H,18,22)(H,19,23). The number of ether oxygens (including phenoxy) is 1. The van der Waals surface area contributed by atoms with Gasteiger partial charge in [0, 0.05) is 39.8 Å². The number of rotatable bonds is 6. The number of nitrogens with one attached hydrogen (secondary N) is 2. The third-order valence-electron chi connectivity index (χ3n) is 4.17. The van der Waals surface area contributed by atoms with Gasteiger partial charge in [-0.2, -0.15) is 0 Å². The lowest BCUT2D eigenvalue weighted by Gasteiger charge is -2.36. The molecule has 0 saturated carbocycles. The van der Waals surface area contributed by atoms with Gasteiger partial charge in [0.05, 0.1) is 12.8 Å². The minimum absolute atomic E-state index is 0.513. The van der Waals surface area contributed by atoms with E-state index in [4.69, 9.17) is 4.74 Å². The first kappa shape index (κ1) is 18.1. The van der Waals surface area contributed by atoms with Crippen molar-refractivity contribution in [3.63, 3.8) is 0 Å². The van der Waals surface area contributed by atoms with Crippen molar-refractivity contribution in [1.82, 2.24) is 15.5 Å². The lowest BCUT2D eigenvalue weighted by molar-refractivity contribution is -0.138. The third kappa shape index (κ3) is 4.86. The molecule has 1 fully saturated rings. The number of hydrogen-bond donors (Lipinski definition) is 2. The second kappa shape index (κ2) is 9.12.